The largest absolute Gasteiger partial charge is 0.0610 e. The lowest BCUT2D eigenvalue weighted by Gasteiger charge is -2.09. The molecule has 0 aliphatic carbocycles. The number of hydrogen-bond acceptors (Lipinski definition) is 0. The SMILES string of the molecule is Cc1ccc2[c]c(-c3cccc4ccc(C)cc34)ccc2c1. The van der Waals surface area contributed by atoms with Crippen molar-refractivity contribution in [3.05, 3.63) is 83.9 Å². The van der Waals surface area contributed by atoms with E-state index >= 15 is 0 Å². The third kappa shape index (κ3) is 2.17. The van der Waals surface area contributed by atoms with Crippen LogP contribution in [0.1, 0.15) is 11.1 Å². The van der Waals surface area contributed by atoms with Gasteiger partial charge in [0.2, 0.25) is 0 Å². The molecule has 0 atom stereocenters. The van der Waals surface area contributed by atoms with Crippen LogP contribution in [-0.2, 0) is 0 Å². The standard InChI is InChI=1S/C22H17/c1-15-7-9-19-14-20(11-10-18(19)12-15)21-5-3-4-17-8-6-16(2)13-22(17)21/h3-13H,1-2H3. The van der Waals surface area contributed by atoms with Crippen molar-refractivity contribution >= 4 is 21.5 Å². The van der Waals surface area contributed by atoms with Crippen LogP contribution in [0.5, 0.6) is 0 Å². The molecule has 0 heterocycles. The Kier molecular flexibility index (Phi) is 2.97. The van der Waals surface area contributed by atoms with E-state index in [9.17, 15) is 0 Å². The fourth-order valence-corrected chi connectivity index (χ4v) is 3.07. The minimum absolute atomic E-state index is 1.16. The van der Waals surface area contributed by atoms with E-state index in [1.54, 1.807) is 0 Å². The van der Waals surface area contributed by atoms with Gasteiger partial charge in [-0.05, 0) is 52.6 Å². The predicted molar refractivity (Wildman–Crippen MR) is 95.2 cm³/mol. The summed E-state index contributed by atoms with van der Waals surface area (Å²) in [5.74, 6) is 0. The average Bonchev–Trinajstić information content (AvgIpc) is 2.54. The number of hydrogen-bond donors (Lipinski definition) is 0. The lowest BCUT2D eigenvalue weighted by molar-refractivity contribution is 1.50. The Hall–Kier alpha value is -2.60. The zero-order chi connectivity index (χ0) is 15.1. The zero-order valence-electron chi connectivity index (χ0n) is 12.9. The Labute approximate surface area is 131 Å². The summed E-state index contributed by atoms with van der Waals surface area (Å²) in [5, 5.41) is 5.00. The van der Waals surface area contributed by atoms with Gasteiger partial charge in [0.25, 0.3) is 0 Å². The third-order valence-electron chi connectivity index (χ3n) is 4.23. The van der Waals surface area contributed by atoms with Crippen LogP contribution in [0.4, 0.5) is 0 Å². The molecular formula is C22H17. The highest BCUT2D eigenvalue weighted by Gasteiger charge is 2.05. The molecule has 0 saturated heterocycles. The van der Waals surface area contributed by atoms with Crippen molar-refractivity contribution in [2.24, 2.45) is 0 Å². The van der Waals surface area contributed by atoms with Crippen LogP contribution in [0.2, 0.25) is 0 Å². The molecule has 0 amide bonds. The molecule has 0 nitrogen and oxygen atoms in total. The minimum atomic E-state index is 1.16. The second-order valence-corrected chi connectivity index (χ2v) is 5.99. The number of aryl methyl sites for hydroxylation is 2. The first-order valence-electron chi connectivity index (χ1n) is 7.63. The Morgan fingerprint density at radius 1 is 0.682 bits per heavy atom. The van der Waals surface area contributed by atoms with Crippen molar-refractivity contribution < 1.29 is 0 Å². The maximum absolute atomic E-state index is 3.58. The highest BCUT2D eigenvalue weighted by Crippen LogP contribution is 2.31. The summed E-state index contributed by atoms with van der Waals surface area (Å²) in [6, 6.07) is 27.6. The highest BCUT2D eigenvalue weighted by molar-refractivity contribution is 5.99. The van der Waals surface area contributed by atoms with Gasteiger partial charge in [-0.3, -0.25) is 0 Å². The van der Waals surface area contributed by atoms with Crippen molar-refractivity contribution in [2.45, 2.75) is 13.8 Å². The number of fused-ring (bicyclic) bond motifs is 2. The van der Waals surface area contributed by atoms with Crippen LogP contribution in [-0.4, -0.2) is 0 Å². The summed E-state index contributed by atoms with van der Waals surface area (Å²) in [6.45, 7) is 4.27. The van der Waals surface area contributed by atoms with Gasteiger partial charge in [0.05, 0.1) is 0 Å². The fraction of sp³-hybridized carbons (Fsp3) is 0.0909. The first-order chi connectivity index (χ1) is 10.7. The smallest absolute Gasteiger partial charge is 0.00141 e. The van der Waals surface area contributed by atoms with Gasteiger partial charge in [-0.15, -0.1) is 0 Å². The molecule has 105 valence electrons. The molecule has 0 fully saturated rings. The van der Waals surface area contributed by atoms with Gasteiger partial charge >= 0.3 is 0 Å². The second-order valence-electron chi connectivity index (χ2n) is 5.99. The molecule has 4 rings (SSSR count). The van der Waals surface area contributed by atoms with E-state index < -0.39 is 0 Å². The van der Waals surface area contributed by atoms with Crippen molar-refractivity contribution in [3.63, 3.8) is 0 Å². The molecule has 0 bridgehead atoms. The van der Waals surface area contributed by atoms with Crippen molar-refractivity contribution in [1.29, 1.82) is 0 Å². The van der Waals surface area contributed by atoms with Gasteiger partial charge in [-0.25, -0.2) is 0 Å². The molecule has 4 aromatic carbocycles. The summed E-state index contributed by atoms with van der Waals surface area (Å²) in [4.78, 5) is 0. The van der Waals surface area contributed by atoms with E-state index in [1.165, 1.54) is 38.2 Å². The van der Waals surface area contributed by atoms with Crippen molar-refractivity contribution in [3.8, 4) is 11.1 Å². The Morgan fingerprint density at radius 3 is 2.36 bits per heavy atom. The molecular weight excluding hydrogens is 264 g/mol. The maximum Gasteiger partial charge on any atom is -0.00141 e. The zero-order valence-corrected chi connectivity index (χ0v) is 12.9. The molecule has 0 heteroatoms. The first kappa shape index (κ1) is 13.1. The molecule has 0 aliphatic rings. The number of rotatable bonds is 1. The molecule has 1 radical (unpaired) electrons. The average molecular weight is 281 g/mol. The fourth-order valence-electron chi connectivity index (χ4n) is 3.07. The van der Waals surface area contributed by atoms with E-state index in [-0.39, 0.29) is 0 Å². The van der Waals surface area contributed by atoms with Gasteiger partial charge < -0.3 is 0 Å². The molecule has 22 heavy (non-hydrogen) atoms. The lowest BCUT2D eigenvalue weighted by Crippen LogP contribution is -1.84. The van der Waals surface area contributed by atoms with Crippen molar-refractivity contribution in [1.82, 2.24) is 0 Å². The normalized spacial score (nSPS) is 11.2. The topological polar surface area (TPSA) is 0 Å². The van der Waals surface area contributed by atoms with Crippen LogP contribution in [0.15, 0.2) is 66.7 Å². The van der Waals surface area contributed by atoms with Gasteiger partial charge in [0, 0.05) is 0 Å². The van der Waals surface area contributed by atoms with Crippen LogP contribution in [0.3, 0.4) is 0 Å². The van der Waals surface area contributed by atoms with Gasteiger partial charge in [-0.2, -0.15) is 0 Å². The lowest BCUT2D eigenvalue weighted by atomic mass is 9.95. The molecule has 0 aliphatic heterocycles. The molecule has 0 aromatic heterocycles. The third-order valence-corrected chi connectivity index (χ3v) is 4.23. The Balaban J connectivity index is 1.98. The van der Waals surface area contributed by atoms with Crippen LogP contribution in [0.25, 0.3) is 32.7 Å². The quantitative estimate of drug-likeness (QED) is 0.397. The summed E-state index contributed by atoms with van der Waals surface area (Å²) >= 11 is 0. The highest BCUT2D eigenvalue weighted by atomic mass is 14.1. The minimum Gasteiger partial charge on any atom is -0.0610 e. The summed E-state index contributed by atoms with van der Waals surface area (Å²) in [6.07, 6.45) is 0. The van der Waals surface area contributed by atoms with E-state index in [0.29, 0.717) is 0 Å². The van der Waals surface area contributed by atoms with E-state index in [1.807, 2.05) is 0 Å². The first-order valence-corrected chi connectivity index (χ1v) is 7.63. The summed E-state index contributed by atoms with van der Waals surface area (Å²) in [5.41, 5.74) is 4.99. The molecule has 0 N–H and O–H groups in total. The monoisotopic (exact) mass is 281 g/mol. The van der Waals surface area contributed by atoms with Crippen molar-refractivity contribution in [2.75, 3.05) is 0 Å². The van der Waals surface area contributed by atoms with E-state index in [4.69, 9.17) is 0 Å². The Bertz CT molecular complexity index is 993. The van der Waals surface area contributed by atoms with Crippen LogP contribution >= 0.6 is 0 Å². The molecule has 0 unspecified atom stereocenters. The second kappa shape index (κ2) is 4.99. The van der Waals surface area contributed by atoms with E-state index in [0.717, 1.165) is 5.56 Å². The number of benzene rings is 4. The van der Waals surface area contributed by atoms with Crippen LogP contribution < -0.4 is 0 Å². The molecule has 0 saturated carbocycles. The van der Waals surface area contributed by atoms with Gasteiger partial charge in [0.15, 0.2) is 0 Å². The van der Waals surface area contributed by atoms with Crippen LogP contribution in [0, 0.1) is 19.9 Å². The van der Waals surface area contributed by atoms with E-state index in [2.05, 4.69) is 86.6 Å². The molecule has 0 spiro atoms. The Morgan fingerprint density at radius 2 is 1.45 bits per heavy atom. The maximum atomic E-state index is 3.58. The van der Waals surface area contributed by atoms with Gasteiger partial charge in [0.1, 0.15) is 0 Å². The predicted octanol–water partition coefficient (Wildman–Crippen LogP) is 6.08. The molecule has 4 aromatic rings. The summed E-state index contributed by atoms with van der Waals surface area (Å²) in [7, 11) is 0. The summed E-state index contributed by atoms with van der Waals surface area (Å²) < 4.78 is 0. The van der Waals surface area contributed by atoms with Gasteiger partial charge in [-0.1, -0.05) is 77.9 Å².